The molecule has 0 fully saturated rings. The summed E-state index contributed by atoms with van der Waals surface area (Å²) in [4.78, 5) is 38.3. The average molecular weight is 1010 g/mol. The first-order chi connectivity index (χ1) is 35.5. The zero-order chi connectivity index (χ0) is 52.2. The number of allylic oxidation sites excluding steroid dienone is 8. The van der Waals surface area contributed by atoms with Gasteiger partial charge in [-0.2, -0.15) is 0 Å². The van der Waals surface area contributed by atoms with Gasteiger partial charge in [-0.1, -0.05) is 268 Å². The number of carbonyl (C=O) groups is 3. The van der Waals surface area contributed by atoms with Crippen LogP contribution >= 0.6 is 0 Å². The number of esters is 3. The largest absolute Gasteiger partial charge is 0.462 e. The van der Waals surface area contributed by atoms with Gasteiger partial charge in [0.25, 0.3) is 0 Å². The van der Waals surface area contributed by atoms with Crippen molar-refractivity contribution in [1.82, 2.24) is 0 Å². The maximum atomic E-state index is 12.9. The lowest BCUT2D eigenvalue weighted by molar-refractivity contribution is -0.167. The quantitative estimate of drug-likeness (QED) is 0.0261. The summed E-state index contributed by atoms with van der Waals surface area (Å²) in [6.07, 6.45) is 75.5. The molecule has 0 amide bonds. The summed E-state index contributed by atoms with van der Waals surface area (Å²) in [5.74, 6) is -0.880. The summed E-state index contributed by atoms with van der Waals surface area (Å²) in [5.41, 5.74) is 0. The minimum atomic E-state index is -0.781. The van der Waals surface area contributed by atoms with Crippen molar-refractivity contribution in [2.75, 3.05) is 13.2 Å². The molecule has 0 aromatic carbocycles. The number of carbonyl (C=O) groups excluding carboxylic acids is 3. The molecule has 0 N–H and O–H groups in total. The van der Waals surface area contributed by atoms with E-state index in [1.54, 1.807) is 0 Å². The van der Waals surface area contributed by atoms with E-state index < -0.39 is 6.10 Å². The van der Waals surface area contributed by atoms with Crippen LogP contribution in [0.2, 0.25) is 0 Å². The third kappa shape index (κ3) is 58.3. The molecule has 1 atom stereocenters. The fourth-order valence-corrected chi connectivity index (χ4v) is 9.24. The Morgan fingerprint density at radius 1 is 0.278 bits per heavy atom. The van der Waals surface area contributed by atoms with Crippen LogP contribution in [0, 0.1) is 0 Å². The molecule has 0 aromatic heterocycles. The maximum Gasteiger partial charge on any atom is 0.306 e. The van der Waals surface area contributed by atoms with Gasteiger partial charge in [-0.3, -0.25) is 14.4 Å². The summed E-state index contributed by atoms with van der Waals surface area (Å²) in [6, 6.07) is 0. The van der Waals surface area contributed by atoms with Crippen LogP contribution in [0.25, 0.3) is 0 Å². The lowest BCUT2D eigenvalue weighted by Gasteiger charge is -2.18. The lowest BCUT2D eigenvalue weighted by atomic mass is 10.0. The molecular weight excluding hydrogens is 889 g/mol. The normalized spacial score (nSPS) is 12.3. The SMILES string of the molecule is CCC/C=C\C/C=C\CCCCCCCC(=O)OCC(COC(=O)CCCCCCCCCCCCC/C=C\CCCCCCCCCC)OC(=O)CCCCCCCCC/C=C\CCCCCCCCC. The summed E-state index contributed by atoms with van der Waals surface area (Å²) >= 11 is 0. The van der Waals surface area contributed by atoms with Gasteiger partial charge in [0.15, 0.2) is 6.10 Å². The molecule has 0 aromatic rings. The van der Waals surface area contributed by atoms with Crippen LogP contribution in [0.3, 0.4) is 0 Å². The highest BCUT2D eigenvalue weighted by molar-refractivity contribution is 5.71. The van der Waals surface area contributed by atoms with Gasteiger partial charge in [0, 0.05) is 19.3 Å². The first-order valence-electron chi connectivity index (χ1n) is 31.6. The molecular formula is C66H120O6. The van der Waals surface area contributed by atoms with E-state index in [0.29, 0.717) is 19.3 Å². The Morgan fingerprint density at radius 2 is 0.528 bits per heavy atom. The fourth-order valence-electron chi connectivity index (χ4n) is 9.24. The van der Waals surface area contributed by atoms with E-state index in [4.69, 9.17) is 14.2 Å². The van der Waals surface area contributed by atoms with Crippen LogP contribution in [0.5, 0.6) is 0 Å². The highest BCUT2D eigenvalue weighted by Gasteiger charge is 2.19. The monoisotopic (exact) mass is 1010 g/mol. The van der Waals surface area contributed by atoms with Crippen molar-refractivity contribution in [3.8, 4) is 0 Å². The van der Waals surface area contributed by atoms with Gasteiger partial charge in [0.05, 0.1) is 0 Å². The van der Waals surface area contributed by atoms with Crippen LogP contribution in [-0.4, -0.2) is 37.2 Å². The first-order valence-corrected chi connectivity index (χ1v) is 31.6. The second-order valence-electron chi connectivity index (χ2n) is 21.3. The summed E-state index contributed by atoms with van der Waals surface area (Å²) in [6.45, 7) is 6.60. The summed E-state index contributed by atoms with van der Waals surface area (Å²) < 4.78 is 16.9. The smallest absolute Gasteiger partial charge is 0.306 e. The van der Waals surface area contributed by atoms with E-state index in [0.717, 1.165) is 83.5 Å². The van der Waals surface area contributed by atoms with Gasteiger partial charge in [0.2, 0.25) is 0 Å². The third-order valence-electron chi connectivity index (χ3n) is 14.0. The van der Waals surface area contributed by atoms with Crippen LogP contribution in [0.1, 0.15) is 335 Å². The van der Waals surface area contributed by atoms with Crippen molar-refractivity contribution in [3.63, 3.8) is 0 Å². The first kappa shape index (κ1) is 69.4. The Kier molecular flexibility index (Phi) is 58.7. The van der Waals surface area contributed by atoms with Crippen LogP contribution < -0.4 is 0 Å². The molecule has 420 valence electrons. The predicted octanol–water partition coefficient (Wildman–Crippen LogP) is 21.4. The van der Waals surface area contributed by atoms with Crippen molar-refractivity contribution < 1.29 is 28.6 Å². The van der Waals surface area contributed by atoms with Crippen LogP contribution in [0.4, 0.5) is 0 Å². The molecule has 0 radical (unpaired) electrons. The van der Waals surface area contributed by atoms with E-state index >= 15 is 0 Å². The molecule has 0 spiro atoms. The van der Waals surface area contributed by atoms with Crippen molar-refractivity contribution in [3.05, 3.63) is 48.6 Å². The van der Waals surface area contributed by atoms with E-state index in [-0.39, 0.29) is 31.1 Å². The average Bonchev–Trinajstić information content (AvgIpc) is 3.38. The predicted molar refractivity (Wildman–Crippen MR) is 312 cm³/mol. The Labute approximate surface area is 448 Å². The highest BCUT2D eigenvalue weighted by Crippen LogP contribution is 2.17. The molecule has 0 aliphatic heterocycles. The topological polar surface area (TPSA) is 78.9 Å². The summed E-state index contributed by atoms with van der Waals surface area (Å²) in [5, 5.41) is 0. The van der Waals surface area contributed by atoms with Crippen molar-refractivity contribution in [2.24, 2.45) is 0 Å². The molecule has 0 heterocycles. The minimum Gasteiger partial charge on any atom is -0.462 e. The van der Waals surface area contributed by atoms with E-state index in [9.17, 15) is 14.4 Å². The molecule has 0 saturated carbocycles. The van der Waals surface area contributed by atoms with Gasteiger partial charge >= 0.3 is 17.9 Å². The number of hydrogen-bond donors (Lipinski definition) is 0. The number of hydrogen-bond acceptors (Lipinski definition) is 6. The van der Waals surface area contributed by atoms with Gasteiger partial charge < -0.3 is 14.2 Å². The Balaban J connectivity index is 4.30. The molecule has 0 aliphatic rings. The molecule has 0 aliphatic carbocycles. The van der Waals surface area contributed by atoms with Gasteiger partial charge in [0.1, 0.15) is 13.2 Å². The minimum absolute atomic E-state index is 0.0777. The van der Waals surface area contributed by atoms with Crippen LogP contribution in [-0.2, 0) is 28.6 Å². The molecule has 72 heavy (non-hydrogen) atoms. The Hall–Kier alpha value is -2.63. The van der Waals surface area contributed by atoms with E-state index in [1.165, 1.54) is 212 Å². The van der Waals surface area contributed by atoms with Gasteiger partial charge in [-0.05, 0) is 96.3 Å². The fraction of sp³-hybridized carbons (Fsp3) is 0.833. The number of rotatable bonds is 58. The van der Waals surface area contributed by atoms with E-state index in [2.05, 4.69) is 69.4 Å². The third-order valence-corrected chi connectivity index (χ3v) is 14.0. The van der Waals surface area contributed by atoms with Crippen molar-refractivity contribution >= 4 is 17.9 Å². The molecule has 0 bridgehead atoms. The number of ether oxygens (including phenoxy) is 3. The zero-order valence-corrected chi connectivity index (χ0v) is 48.2. The van der Waals surface area contributed by atoms with Crippen molar-refractivity contribution in [1.29, 1.82) is 0 Å². The lowest BCUT2D eigenvalue weighted by Crippen LogP contribution is -2.30. The van der Waals surface area contributed by atoms with Crippen molar-refractivity contribution in [2.45, 2.75) is 341 Å². The standard InChI is InChI=1S/C66H120O6/c1-4-7-10-13-16-19-22-25-27-29-31-32-33-34-35-37-38-41-44-47-50-53-56-59-65(68)71-62-63(61-70-64(67)58-55-52-49-46-43-40-24-21-18-15-12-9-6-3)72-66(69)60-57-54-51-48-45-42-39-36-30-28-26-23-20-17-14-11-8-5-2/h12,15,21,24,28-31,63H,4-11,13-14,16-20,22-23,25-27,32-62H2,1-3H3/b15-12-,24-21-,30-28-,31-29-. The molecule has 6 heteroatoms. The summed E-state index contributed by atoms with van der Waals surface area (Å²) in [7, 11) is 0. The van der Waals surface area contributed by atoms with E-state index in [1.807, 2.05) is 0 Å². The molecule has 0 saturated heterocycles. The van der Waals surface area contributed by atoms with Gasteiger partial charge in [-0.25, -0.2) is 0 Å². The van der Waals surface area contributed by atoms with Crippen LogP contribution in [0.15, 0.2) is 48.6 Å². The second-order valence-corrected chi connectivity index (χ2v) is 21.3. The molecule has 6 nitrogen and oxygen atoms in total. The molecule has 1 unspecified atom stereocenters. The Morgan fingerprint density at radius 3 is 0.833 bits per heavy atom. The maximum absolute atomic E-state index is 12.9. The highest BCUT2D eigenvalue weighted by atomic mass is 16.6. The zero-order valence-electron chi connectivity index (χ0n) is 48.2. The van der Waals surface area contributed by atoms with Gasteiger partial charge in [-0.15, -0.1) is 0 Å². The Bertz CT molecular complexity index is 1250. The number of unbranched alkanes of at least 4 members (excludes halogenated alkanes) is 39. The molecule has 0 rings (SSSR count). The second kappa shape index (κ2) is 60.9.